The van der Waals surface area contributed by atoms with Crippen molar-refractivity contribution in [3.05, 3.63) is 75.3 Å². The molecule has 0 aliphatic carbocycles. The first-order valence-electron chi connectivity index (χ1n) is 9.47. The summed E-state index contributed by atoms with van der Waals surface area (Å²) in [4.78, 5) is 25.1. The summed E-state index contributed by atoms with van der Waals surface area (Å²) >= 11 is 6.39. The predicted octanol–water partition coefficient (Wildman–Crippen LogP) is 4.37. The van der Waals surface area contributed by atoms with Crippen molar-refractivity contribution >= 4 is 23.4 Å². The van der Waals surface area contributed by atoms with E-state index in [2.05, 4.69) is 5.10 Å². The van der Waals surface area contributed by atoms with Crippen LogP contribution < -0.4 is 0 Å². The number of halogens is 1. The van der Waals surface area contributed by atoms with Crippen molar-refractivity contribution < 1.29 is 14.3 Å². The van der Waals surface area contributed by atoms with E-state index >= 15 is 0 Å². The smallest absolute Gasteiger partial charge is 0.343 e. The van der Waals surface area contributed by atoms with Crippen molar-refractivity contribution in [3.8, 4) is 0 Å². The molecule has 1 aromatic carbocycles. The van der Waals surface area contributed by atoms with E-state index < -0.39 is 5.97 Å². The van der Waals surface area contributed by atoms with E-state index in [1.807, 2.05) is 61.7 Å². The predicted molar refractivity (Wildman–Crippen MR) is 112 cm³/mol. The molecule has 0 atom stereocenters. The Kier molecular flexibility index (Phi) is 6.23. The van der Waals surface area contributed by atoms with Crippen LogP contribution in [-0.4, -0.2) is 32.7 Å². The van der Waals surface area contributed by atoms with Gasteiger partial charge in [0.15, 0.2) is 6.61 Å². The number of nitrogens with zero attached hydrogens (tertiary/aromatic N) is 3. The van der Waals surface area contributed by atoms with Crippen LogP contribution in [0.2, 0.25) is 5.15 Å². The largest absolute Gasteiger partial charge is 0.454 e. The summed E-state index contributed by atoms with van der Waals surface area (Å²) in [6.45, 7) is 8.43. The number of hydrogen-bond donors (Lipinski definition) is 0. The van der Waals surface area contributed by atoms with Gasteiger partial charge in [-0.05, 0) is 39.3 Å². The Hall–Kier alpha value is -2.86. The van der Waals surface area contributed by atoms with Crippen molar-refractivity contribution in [2.24, 2.45) is 0 Å². The summed E-state index contributed by atoms with van der Waals surface area (Å²) in [5.41, 5.74) is 4.11. The maximum Gasteiger partial charge on any atom is 0.343 e. The second-order valence-corrected chi connectivity index (χ2v) is 7.28. The lowest BCUT2D eigenvalue weighted by molar-refractivity contribution is 0.0474. The molecule has 0 amide bonds. The third-order valence-electron chi connectivity index (χ3n) is 4.97. The van der Waals surface area contributed by atoms with Gasteiger partial charge in [0, 0.05) is 23.5 Å². The number of esters is 1. The molecule has 3 rings (SSSR count). The molecular weight excluding hydrogens is 390 g/mol. The molecule has 0 unspecified atom stereocenters. The molecule has 7 heteroatoms. The molecule has 0 fully saturated rings. The lowest BCUT2D eigenvalue weighted by Crippen LogP contribution is -2.15. The van der Waals surface area contributed by atoms with Crippen molar-refractivity contribution in [3.63, 3.8) is 0 Å². The van der Waals surface area contributed by atoms with Gasteiger partial charge in [0.2, 0.25) is 5.78 Å². The van der Waals surface area contributed by atoms with Gasteiger partial charge < -0.3 is 9.30 Å². The lowest BCUT2D eigenvalue weighted by atomic mass is 10.1. The van der Waals surface area contributed by atoms with Gasteiger partial charge in [0.1, 0.15) is 10.7 Å². The van der Waals surface area contributed by atoms with Crippen LogP contribution >= 0.6 is 11.6 Å². The Morgan fingerprint density at radius 1 is 1.14 bits per heavy atom. The maximum absolute atomic E-state index is 12.6. The molecule has 0 saturated carbocycles. The van der Waals surface area contributed by atoms with Crippen LogP contribution in [0.5, 0.6) is 0 Å². The molecule has 0 bridgehead atoms. The Labute approximate surface area is 175 Å². The summed E-state index contributed by atoms with van der Waals surface area (Å²) in [7, 11) is 0. The number of ketones is 1. The summed E-state index contributed by atoms with van der Waals surface area (Å²) in [5, 5.41) is 4.55. The van der Waals surface area contributed by atoms with E-state index in [0.717, 1.165) is 23.5 Å². The summed E-state index contributed by atoms with van der Waals surface area (Å²) in [6.07, 6.45) is 0. The van der Waals surface area contributed by atoms with Crippen molar-refractivity contribution in [1.82, 2.24) is 14.3 Å². The molecule has 0 saturated heterocycles. The lowest BCUT2D eigenvalue weighted by Gasteiger charge is -2.07. The highest BCUT2D eigenvalue weighted by Gasteiger charge is 2.23. The molecule has 0 spiro atoms. The molecule has 0 aliphatic rings. The van der Waals surface area contributed by atoms with Gasteiger partial charge in [-0.1, -0.05) is 41.9 Å². The van der Waals surface area contributed by atoms with Crippen LogP contribution in [0.3, 0.4) is 0 Å². The normalized spacial score (nSPS) is 10.9. The van der Waals surface area contributed by atoms with E-state index in [0.29, 0.717) is 17.8 Å². The first kappa shape index (κ1) is 20.9. The molecule has 0 aliphatic heterocycles. The third-order valence-corrected chi connectivity index (χ3v) is 5.35. The number of aromatic nitrogens is 3. The number of Topliss-reactive ketones (excluding diaryl/α,β-unsaturated/α-hetero) is 1. The number of carbonyl (C=O) groups excluding carboxylic acids is 2. The number of rotatable bonds is 7. The summed E-state index contributed by atoms with van der Waals surface area (Å²) in [6, 6.07) is 11.5. The van der Waals surface area contributed by atoms with Gasteiger partial charge in [-0.15, -0.1) is 0 Å². The first-order chi connectivity index (χ1) is 13.8. The van der Waals surface area contributed by atoms with Crippen LogP contribution in [0.15, 0.2) is 36.4 Å². The summed E-state index contributed by atoms with van der Waals surface area (Å²) < 4.78 is 8.87. The number of hydrogen-bond acceptors (Lipinski definition) is 4. The third kappa shape index (κ3) is 4.27. The van der Waals surface area contributed by atoms with E-state index in [-0.39, 0.29) is 23.1 Å². The highest BCUT2D eigenvalue weighted by Crippen LogP contribution is 2.22. The fourth-order valence-electron chi connectivity index (χ4n) is 3.50. The Bertz CT molecular complexity index is 1050. The van der Waals surface area contributed by atoms with Crippen molar-refractivity contribution in [2.45, 2.75) is 40.8 Å². The molecule has 6 nitrogen and oxygen atoms in total. The van der Waals surface area contributed by atoms with Crippen LogP contribution in [0, 0.1) is 20.8 Å². The molecule has 29 heavy (non-hydrogen) atoms. The van der Waals surface area contributed by atoms with Gasteiger partial charge in [-0.25, -0.2) is 9.48 Å². The number of carbonyl (C=O) groups is 2. The minimum atomic E-state index is -0.649. The molecule has 3 aromatic rings. The fourth-order valence-corrected chi connectivity index (χ4v) is 3.81. The zero-order valence-electron chi connectivity index (χ0n) is 17.0. The van der Waals surface area contributed by atoms with Crippen LogP contribution in [-0.2, 0) is 17.8 Å². The standard InChI is InChI=1S/C22H24ClN3O3/c1-5-25-14(2)11-18(16(25)4)19(27)13-29-22(28)20-15(3)24-26(21(20)23)12-17-9-7-6-8-10-17/h6-11H,5,12-13H2,1-4H3. The molecule has 0 radical (unpaired) electrons. The average Bonchev–Trinajstić information content (AvgIpc) is 3.14. The van der Waals surface area contributed by atoms with Gasteiger partial charge in [0.05, 0.1) is 12.2 Å². The minimum Gasteiger partial charge on any atom is -0.454 e. The van der Waals surface area contributed by atoms with Crippen LogP contribution in [0.1, 0.15) is 50.3 Å². The Morgan fingerprint density at radius 3 is 2.45 bits per heavy atom. The topological polar surface area (TPSA) is 66.1 Å². The molecule has 0 N–H and O–H groups in total. The second-order valence-electron chi connectivity index (χ2n) is 6.92. The van der Waals surface area contributed by atoms with Crippen LogP contribution in [0.25, 0.3) is 0 Å². The van der Waals surface area contributed by atoms with Crippen LogP contribution in [0.4, 0.5) is 0 Å². The zero-order valence-corrected chi connectivity index (χ0v) is 17.8. The first-order valence-corrected chi connectivity index (χ1v) is 9.85. The van der Waals surface area contributed by atoms with Gasteiger partial charge in [-0.3, -0.25) is 4.79 Å². The van der Waals surface area contributed by atoms with Gasteiger partial charge in [0.25, 0.3) is 0 Å². The van der Waals surface area contributed by atoms with Gasteiger partial charge >= 0.3 is 5.97 Å². The molecular formula is C22H24ClN3O3. The highest BCUT2D eigenvalue weighted by atomic mass is 35.5. The molecule has 2 aromatic heterocycles. The maximum atomic E-state index is 12.6. The molecule has 2 heterocycles. The minimum absolute atomic E-state index is 0.189. The van der Waals surface area contributed by atoms with Gasteiger partial charge in [-0.2, -0.15) is 5.10 Å². The number of benzene rings is 1. The monoisotopic (exact) mass is 413 g/mol. The molecule has 152 valence electrons. The zero-order chi connectivity index (χ0) is 21.1. The summed E-state index contributed by atoms with van der Waals surface area (Å²) in [5.74, 6) is -0.888. The van der Waals surface area contributed by atoms with E-state index in [1.54, 1.807) is 11.6 Å². The second kappa shape index (κ2) is 8.66. The average molecular weight is 414 g/mol. The Morgan fingerprint density at radius 2 is 1.83 bits per heavy atom. The number of ether oxygens (including phenoxy) is 1. The SMILES string of the molecule is CCn1c(C)cc(C(=O)COC(=O)c2c(C)nn(Cc3ccccc3)c2Cl)c1C. The van der Waals surface area contributed by atoms with E-state index in [9.17, 15) is 9.59 Å². The quantitative estimate of drug-likeness (QED) is 0.426. The van der Waals surface area contributed by atoms with E-state index in [4.69, 9.17) is 16.3 Å². The Balaban J connectivity index is 1.72. The highest BCUT2D eigenvalue weighted by molar-refractivity contribution is 6.32. The van der Waals surface area contributed by atoms with Crippen molar-refractivity contribution in [1.29, 1.82) is 0 Å². The van der Waals surface area contributed by atoms with Crippen molar-refractivity contribution in [2.75, 3.05) is 6.61 Å². The number of aryl methyl sites for hydroxylation is 2. The fraction of sp³-hybridized carbons (Fsp3) is 0.318. The van der Waals surface area contributed by atoms with E-state index in [1.165, 1.54) is 0 Å².